The molecule has 0 aliphatic heterocycles. The molecule has 1 amide bonds. The molecule has 0 saturated heterocycles. The van der Waals surface area contributed by atoms with Gasteiger partial charge in [0.25, 0.3) is 5.91 Å². The van der Waals surface area contributed by atoms with Crippen LogP contribution in [0.2, 0.25) is 0 Å². The number of carbonyl (C=O) groups excluding carboxylic acids is 1. The molecule has 2 unspecified atom stereocenters. The number of benzene rings is 1. The van der Waals surface area contributed by atoms with Crippen LogP contribution in [-0.4, -0.2) is 23.2 Å². The van der Waals surface area contributed by atoms with Gasteiger partial charge in [0.05, 0.1) is 6.61 Å². The van der Waals surface area contributed by atoms with Crippen LogP contribution in [0.15, 0.2) is 18.2 Å². The van der Waals surface area contributed by atoms with E-state index in [2.05, 4.69) is 5.32 Å². The average Bonchev–Trinajstić information content (AvgIpc) is 2.41. The molecule has 0 aliphatic carbocycles. The molecule has 4 nitrogen and oxygen atoms in total. The van der Waals surface area contributed by atoms with E-state index in [1.165, 1.54) is 12.1 Å². The number of carbonyl (C=O) groups is 1. The van der Waals surface area contributed by atoms with E-state index >= 15 is 0 Å². The van der Waals surface area contributed by atoms with Gasteiger partial charge in [0, 0.05) is 6.04 Å². The van der Waals surface area contributed by atoms with Crippen LogP contribution in [0.25, 0.3) is 0 Å². The van der Waals surface area contributed by atoms with E-state index < -0.39 is 11.9 Å². The Morgan fingerprint density at radius 1 is 1.45 bits per heavy atom. The van der Waals surface area contributed by atoms with Crippen molar-refractivity contribution in [3.63, 3.8) is 0 Å². The van der Waals surface area contributed by atoms with Crippen LogP contribution < -0.4 is 10.1 Å². The number of rotatable bonds is 7. The maximum Gasteiger partial charge on any atom is 0.260 e. The average molecular weight is 283 g/mol. The van der Waals surface area contributed by atoms with Crippen molar-refractivity contribution >= 4 is 5.91 Å². The van der Waals surface area contributed by atoms with Crippen LogP contribution in [0.4, 0.5) is 4.39 Å². The first-order chi connectivity index (χ1) is 9.47. The highest BCUT2D eigenvalue weighted by Crippen LogP contribution is 2.19. The SMILES string of the molecule is CCCC(C)NC(=O)C(C)Oc1ccc(CO)cc1F. The topological polar surface area (TPSA) is 58.6 Å². The second kappa shape index (κ2) is 7.85. The van der Waals surface area contributed by atoms with Crippen LogP contribution in [0.3, 0.4) is 0 Å². The van der Waals surface area contributed by atoms with Crippen LogP contribution in [0.1, 0.15) is 39.2 Å². The normalized spacial score (nSPS) is 13.7. The largest absolute Gasteiger partial charge is 0.478 e. The number of nitrogens with one attached hydrogen (secondary N) is 1. The minimum Gasteiger partial charge on any atom is -0.478 e. The second-order valence-corrected chi connectivity index (χ2v) is 4.88. The zero-order valence-electron chi connectivity index (χ0n) is 12.1. The van der Waals surface area contributed by atoms with E-state index in [0.717, 1.165) is 12.8 Å². The smallest absolute Gasteiger partial charge is 0.260 e. The fraction of sp³-hybridized carbons (Fsp3) is 0.533. The summed E-state index contributed by atoms with van der Waals surface area (Å²) >= 11 is 0. The summed E-state index contributed by atoms with van der Waals surface area (Å²) in [5.74, 6) is -0.845. The minimum atomic E-state index is -0.774. The highest BCUT2D eigenvalue weighted by Gasteiger charge is 2.18. The Labute approximate surface area is 119 Å². The van der Waals surface area contributed by atoms with E-state index in [1.807, 2.05) is 13.8 Å². The van der Waals surface area contributed by atoms with Crippen molar-refractivity contribution in [2.24, 2.45) is 0 Å². The molecule has 2 atom stereocenters. The van der Waals surface area contributed by atoms with Crippen molar-refractivity contribution in [1.29, 1.82) is 0 Å². The Morgan fingerprint density at radius 2 is 2.15 bits per heavy atom. The number of hydrogen-bond donors (Lipinski definition) is 2. The van der Waals surface area contributed by atoms with Crippen LogP contribution in [0.5, 0.6) is 5.75 Å². The molecule has 0 fully saturated rings. The molecule has 0 saturated carbocycles. The summed E-state index contributed by atoms with van der Waals surface area (Å²) in [6.07, 6.45) is 1.09. The summed E-state index contributed by atoms with van der Waals surface area (Å²) in [4.78, 5) is 11.9. The van der Waals surface area contributed by atoms with Crippen molar-refractivity contribution < 1.29 is 19.0 Å². The van der Waals surface area contributed by atoms with Gasteiger partial charge in [0.1, 0.15) is 0 Å². The van der Waals surface area contributed by atoms with Gasteiger partial charge in [-0.3, -0.25) is 4.79 Å². The lowest BCUT2D eigenvalue weighted by Gasteiger charge is -2.18. The van der Waals surface area contributed by atoms with Gasteiger partial charge < -0.3 is 15.2 Å². The number of aliphatic hydroxyl groups excluding tert-OH is 1. The molecule has 112 valence electrons. The lowest BCUT2D eigenvalue weighted by molar-refractivity contribution is -0.128. The predicted octanol–water partition coefficient (Wildman–Crippen LogP) is 2.39. The summed E-state index contributed by atoms with van der Waals surface area (Å²) in [6, 6.07) is 4.24. The number of hydrogen-bond acceptors (Lipinski definition) is 3. The molecule has 0 heterocycles. The first-order valence-corrected chi connectivity index (χ1v) is 6.84. The number of ether oxygens (including phenoxy) is 1. The Morgan fingerprint density at radius 3 is 2.70 bits per heavy atom. The van der Waals surface area contributed by atoms with Crippen molar-refractivity contribution in [3.8, 4) is 5.75 Å². The van der Waals surface area contributed by atoms with E-state index in [4.69, 9.17) is 9.84 Å². The van der Waals surface area contributed by atoms with Crippen molar-refractivity contribution in [2.45, 2.75) is 52.4 Å². The van der Waals surface area contributed by atoms with Gasteiger partial charge >= 0.3 is 0 Å². The third-order valence-corrected chi connectivity index (χ3v) is 2.96. The van der Waals surface area contributed by atoms with Crippen molar-refractivity contribution in [2.75, 3.05) is 0 Å². The Hall–Kier alpha value is -1.62. The predicted molar refractivity (Wildman–Crippen MR) is 74.9 cm³/mol. The lowest BCUT2D eigenvalue weighted by atomic mass is 10.2. The maximum atomic E-state index is 13.7. The fourth-order valence-electron chi connectivity index (χ4n) is 1.85. The molecular weight excluding hydrogens is 261 g/mol. The molecule has 2 N–H and O–H groups in total. The summed E-state index contributed by atoms with van der Waals surface area (Å²) in [5.41, 5.74) is 0.462. The van der Waals surface area contributed by atoms with Crippen LogP contribution in [-0.2, 0) is 11.4 Å². The second-order valence-electron chi connectivity index (χ2n) is 4.88. The van der Waals surface area contributed by atoms with Gasteiger partial charge in [-0.05, 0) is 38.0 Å². The summed E-state index contributed by atoms with van der Waals surface area (Å²) in [6.45, 7) is 5.31. The molecule has 0 aliphatic rings. The molecule has 0 radical (unpaired) electrons. The van der Waals surface area contributed by atoms with E-state index in [-0.39, 0.29) is 24.3 Å². The summed E-state index contributed by atoms with van der Waals surface area (Å²) in [5, 5.41) is 11.7. The molecule has 1 rings (SSSR count). The Kier molecular flexibility index (Phi) is 6.45. The van der Waals surface area contributed by atoms with Crippen LogP contribution in [0, 0.1) is 5.82 Å². The highest BCUT2D eigenvalue weighted by atomic mass is 19.1. The molecule has 1 aromatic carbocycles. The van der Waals surface area contributed by atoms with Gasteiger partial charge in [-0.15, -0.1) is 0 Å². The molecule has 0 spiro atoms. The molecular formula is C15H22FNO3. The van der Waals surface area contributed by atoms with Crippen LogP contribution >= 0.6 is 0 Å². The van der Waals surface area contributed by atoms with Gasteiger partial charge in [-0.25, -0.2) is 4.39 Å². The molecule has 0 aromatic heterocycles. The zero-order valence-corrected chi connectivity index (χ0v) is 12.1. The number of amides is 1. The quantitative estimate of drug-likeness (QED) is 0.808. The third-order valence-electron chi connectivity index (χ3n) is 2.96. The number of aliphatic hydroxyl groups is 1. The Balaban J connectivity index is 2.61. The monoisotopic (exact) mass is 283 g/mol. The molecule has 1 aromatic rings. The molecule has 0 bridgehead atoms. The van der Waals surface area contributed by atoms with E-state index in [0.29, 0.717) is 5.56 Å². The lowest BCUT2D eigenvalue weighted by Crippen LogP contribution is -2.41. The standard InChI is InChI=1S/C15H22FNO3/c1-4-5-10(2)17-15(19)11(3)20-14-7-6-12(9-18)8-13(14)16/h6-8,10-11,18H,4-5,9H2,1-3H3,(H,17,19). The van der Waals surface area contributed by atoms with Gasteiger partial charge in [0.15, 0.2) is 17.7 Å². The first-order valence-electron chi connectivity index (χ1n) is 6.84. The minimum absolute atomic E-state index is 0.00740. The summed E-state index contributed by atoms with van der Waals surface area (Å²) < 4.78 is 19.0. The third kappa shape index (κ3) is 4.81. The number of halogens is 1. The van der Waals surface area contributed by atoms with Gasteiger partial charge in [-0.1, -0.05) is 19.4 Å². The highest BCUT2D eigenvalue weighted by molar-refractivity contribution is 5.80. The molecule has 20 heavy (non-hydrogen) atoms. The maximum absolute atomic E-state index is 13.7. The van der Waals surface area contributed by atoms with Crippen molar-refractivity contribution in [1.82, 2.24) is 5.32 Å². The molecule has 5 heteroatoms. The van der Waals surface area contributed by atoms with E-state index in [1.54, 1.807) is 13.0 Å². The van der Waals surface area contributed by atoms with Crippen molar-refractivity contribution in [3.05, 3.63) is 29.6 Å². The zero-order chi connectivity index (χ0) is 15.1. The fourth-order valence-corrected chi connectivity index (χ4v) is 1.85. The van der Waals surface area contributed by atoms with Gasteiger partial charge in [0.2, 0.25) is 0 Å². The Bertz CT molecular complexity index is 451. The first kappa shape index (κ1) is 16.4. The van der Waals surface area contributed by atoms with E-state index in [9.17, 15) is 9.18 Å². The van der Waals surface area contributed by atoms with Gasteiger partial charge in [-0.2, -0.15) is 0 Å². The summed E-state index contributed by atoms with van der Waals surface area (Å²) in [7, 11) is 0.